The number of nitrogens with zero attached hydrogens (tertiary/aromatic N) is 1. The summed E-state index contributed by atoms with van der Waals surface area (Å²) in [4.78, 5) is 11.3. The maximum atomic E-state index is 12.6. The van der Waals surface area contributed by atoms with Crippen LogP contribution in [0.2, 0.25) is 0 Å². The fourth-order valence-electron chi connectivity index (χ4n) is 1.20. The topological polar surface area (TPSA) is 63.8 Å². The molecule has 0 bridgehead atoms. The minimum absolute atomic E-state index is 0.269. The summed E-state index contributed by atoms with van der Waals surface area (Å²) in [6, 6.07) is 6.81. The van der Waals surface area contributed by atoms with Gasteiger partial charge >= 0.3 is 0 Å². The Morgan fingerprint density at radius 1 is 1.29 bits per heavy atom. The maximum Gasteiger partial charge on any atom is 0.273 e. The first kappa shape index (κ1) is 8.55. The van der Waals surface area contributed by atoms with Gasteiger partial charge in [0.2, 0.25) is 0 Å². The zero-order valence-corrected chi connectivity index (χ0v) is 7.20. The Bertz CT molecular complexity index is 498. The first-order valence-corrected chi connectivity index (χ1v) is 4.00. The zero-order chi connectivity index (χ0) is 10.1. The predicted octanol–water partition coefficient (Wildman–Crippen LogP) is 0.887. The summed E-state index contributed by atoms with van der Waals surface area (Å²) in [5.41, 5.74) is 5.68. The summed E-state index contributed by atoms with van der Waals surface area (Å²) in [5, 5.41) is 2.64. The molecule has 1 aromatic carbocycles. The number of aromatic nitrogens is 2. The lowest BCUT2D eigenvalue weighted by Crippen LogP contribution is -2.13. The second-order valence-electron chi connectivity index (χ2n) is 2.86. The number of benzene rings is 1. The minimum atomic E-state index is -0.346. The van der Waals surface area contributed by atoms with E-state index in [1.165, 1.54) is 35.0 Å². The van der Waals surface area contributed by atoms with Crippen molar-refractivity contribution in [2.24, 2.45) is 0 Å². The van der Waals surface area contributed by atoms with Gasteiger partial charge < -0.3 is 5.73 Å². The van der Waals surface area contributed by atoms with Gasteiger partial charge in [0.05, 0.1) is 5.69 Å². The fraction of sp³-hybridized carbons (Fsp3) is 0. The number of hydrogen-bond donors (Lipinski definition) is 2. The van der Waals surface area contributed by atoms with E-state index in [1.54, 1.807) is 0 Å². The quantitative estimate of drug-likeness (QED) is 0.706. The van der Waals surface area contributed by atoms with Gasteiger partial charge in [-0.15, -0.1) is 0 Å². The Morgan fingerprint density at radius 3 is 2.43 bits per heavy atom. The van der Waals surface area contributed by atoms with Gasteiger partial charge in [0, 0.05) is 6.07 Å². The molecule has 5 heteroatoms. The summed E-state index contributed by atoms with van der Waals surface area (Å²) in [6.07, 6.45) is 0. The van der Waals surface area contributed by atoms with Crippen LogP contribution < -0.4 is 11.3 Å². The van der Waals surface area contributed by atoms with E-state index in [0.717, 1.165) is 0 Å². The molecule has 3 N–H and O–H groups in total. The van der Waals surface area contributed by atoms with E-state index in [0.29, 0.717) is 5.69 Å². The molecular weight excluding hydrogens is 185 g/mol. The number of halogens is 1. The third kappa shape index (κ3) is 1.39. The van der Waals surface area contributed by atoms with Crippen LogP contribution in [0.4, 0.5) is 10.2 Å². The maximum absolute atomic E-state index is 12.6. The van der Waals surface area contributed by atoms with E-state index in [4.69, 9.17) is 5.73 Å². The van der Waals surface area contributed by atoms with E-state index in [-0.39, 0.29) is 17.2 Å². The molecule has 72 valence electrons. The van der Waals surface area contributed by atoms with Gasteiger partial charge in [0.1, 0.15) is 11.6 Å². The lowest BCUT2D eigenvalue weighted by atomic mass is 10.3. The SMILES string of the molecule is Nc1cc(=O)n(-c2ccc(F)cc2)[nH]1. The van der Waals surface area contributed by atoms with E-state index in [2.05, 4.69) is 5.10 Å². The van der Waals surface area contributed by atoms with Crippen LogP contribution in [-0.2, 0) is 0 Å². The first-order valence-electron chi connectivity index (χ1n) is 4.00. The Labute approximate surface area is 78.8 Å². The second kappa shape index (κ2) is 3.02. The van der Waals surface area contributed by atoms with Gasteiger partial charge in [-0.2, -0.15) is 0 Å². The standard InChI is InChI=1S/C9H8FN3O/c10-6-1-3-7(4-2-6)13-9(14)5-8(11)12-13/h1-5,12H,11H2. The van der Waals surface area contributed by atoms with Crippen LogP contribution in [0.5, 0.6) is 0 Å². The van der Waals surface area contributed by atoms with Crippen molar-refractivity contribution < 1.29 is 4.39 Å². The number of hydrogen-bond acceptors (Lipinski definition) is 2. The number of H-pyrrole nitrogens is 1. The van der Waals surface area contributed by atoms with Crippen molar-refractivity contribution >= 4 is 5.82 Å². The molecule has 4 nitrogen and oxygen atoms in total. The van der Waals surface area contributed by atoms with Crippen LogP contribution in [0.1, 0.15) is 0 Å². The third-order valence-corrected chi connectivity index (χ3v) is 1.83. The van der Waals surface area contributed by atoms with Crippen LogP contribution in [-0.4, -0.2) is 9.78 Å². The molecule has 2 rings (SSSR count). The van der Waals surface area contributed by atoms with Crippen molar-refractivity contribution in [2.45, 2.75) is 0 Å². The summed E-state index contributed by atoms with van der Waals surface area (Å²) in [5.74, 6) is -0.0688. The van der Waals surface area contributed by atoms with Gasteiger partial charge in [-0.25, -0.2) is 9.07 Å². The Kier molecular flexibility index (Phi) is 1.85. The van der Waals surface area contributed by atoms with Crippen molar-refractivity contribution in [3.05, 3.63) is 46.5 Å². The number of aromatic amines is 1. The molecule has 0 aliphatic carbocycles. The molecule has 1 heterocycles. The van der Waals surface area contributed by atoms with Gasteiger partial charge in [-0.1, -0.05) is 0 Å². The molecule has 2 aromatic rings. The molecule has 0 spiro atoms. The van der Waals surface area contributed by atoms with Crippen molar-refractivity contribution in [3.8, 4) is 5.69 Å². The highest BCUT2D eigenvalue weighted by atomic mass is 19.1. The zero-order valence-electron chi connectivity index (χ0n) is 7.20. The highest BCUT2D eigenvalue weighted by molar-refractivity contribution is 5.34. The second-order valence-corrected chi connectivity index (χ2v) is 2.86. The first-order chi connectivity index (χ1) is 6.66. The summed E-state index contributed by atoms with van der Waals surface area (Å²) in [7, 11) is 0. The summed E-state index contributed by atoms with van der Waals surface area (Å²) >= 11 is 0. The van der Waals surface area contributed by atoms with Crippen molar-refractivity contribution in [1.29, 1.82) is 0 Å². The molecule has 0 saturated heterocycles. The molecule has 0 amide bonds. The normalized spacial score (nSPS) is 10.4. The molecule has 0 aliphatic rings. The van der Waals surface area contributed by atoms with Gasteiger partial charge in [0.25, 0.3) is 5.56 Å². The van der Waals surface area contributed by atoms with Gasteiger partial charge in [-0.3, -0.25) is 9.89 Å². The average Bonchev–Trinajstić information content (AvgIpc) is 2.47. The molecule has 0 unspecified atom stereocenters. The monoisotopic (exact) mass is 193 g/mol. The molecule has 0 radical (unpaired) electrons. The predicted molar refractivity (Wildman–Crippen MR) is 50.8 cm³/mol. The van der Waals surface area contributed by atoms with Gasteiger partial charge in [0.15, 0.2) is 0 Å². The van der Waals surface area contributed by atoms with Crippen LogP contribution in [0, 0.1) is 5.82 Å². The lowest BCUT2D eigenvalue weighted by molar-refractivity contribution is 0.627. The molecule has 1 aromatic heterocycles. The minimum Gasteiger partial charge on any atom is -0.384 e. The number of anilines is 1. The van der Waals surface area contributed by atoms with Crippen LogP contribution in [0.3, 0.4) is 0 Å². The number of rotatable bonds is 1. The highest BCUT2D eigenvalue weighted by Gasteiger charge is 2.02. The van der Waals surface area contributed by atoms with Crippen LogP contribution in [0.25, 0.3) is 5.69 Å². The highest BCUT2D eigenvalue weighted by Crippen LogP contribution is 2.06. The van der Waals surface area contributed by atoms with Gasteiger partial charge in [-0.05, 0) is 24.3 Å². The summed E-state index contributed by atoms with van der Waals surface area (Å²) < 4.78 is 13.8. The third-order valence-electron chi connectivity index (χ3n) is 1.83. The van der Waals surface area contributed by atoms with Crippen molar-refractivity contribution in [3.63, 3.8) is 0 Å². The fourth-order valence-corrected chi connectivity index (χ4v) is 1.20. The number of nitrogen functional groups attached to an aromatic ring is 1. The molecule has 0 atom stereocenters. The Balaban J connectivity index is 2.54. The van der Waals surface area contributed by atoms with Crippen LogP contribution >= 0.6 is 0 Å². The van der Waals surface area contributed by atoms with Crippen molar-refractivity contribution in [2.75, 3.05) is 5.73 Å². The van der Waals surface area contributed by atoms with E-state index in [1.807, 2.05) is 0 Å². The number of nitrogens with one attached hydrogen (secondary N) is 1. The van der Waals surface area contributed by atoms with Crippen molar-refractivity contribution in [1.82, 2.24) is 9.78 Å². The van der Waals surface area contributed by atoms with E-state index in [9.17, 15) is 9.18 Å². The molecule has 0 aliphatic heterocycles. The molecule has 14 heavy (non-hydrogen) atoms. The Morgan fingerprint density at radius 2 is 1.93 bits per heavy atom. The number of nitrogens with two attached hydrogens (primary N) is 1. The summed E-state index contributed by atoms with van der Waals surface area (Å²) in [6.45, 7) is 0. The van der Waals surface area contributed by atoms with E-state index >= 15 is 0 Å². The largest absolute Gasteiger partial charge is 0.384 e. The lowest BCUT2D eigenvalue weighted by Gasteiger charge is -2.00. The molecule has 0 fully saturated rings. The Hall–Kier alpha value is -2.04. The molecular formula is C9H8FN3O. The van der Waals surface area contributed by atoms with E-state index < -0.39 is 0 Å². The average molecular weight is 193 g/mol. The van der Waals surface area contributed by atoms with Crippen LogP contribution in [0.15, 0.2) is 35.1 Å². The smallest absolute Gasteiger partial charge is 0.273 e. The molecule has 0 saturated carbocycles.